The number of nitrogens with one attached hydrogen (secondary N) is 1. The van der Waals surface area contributed by atoms with Crippen molar-refractivity contribution < 1.29 is 8.42 Å². The number of halogens is 1. The Hall–Kier alpha value is -2.74. The normalized spacial score (nSPS) is 12.0. The third kappa shape index (κ3) is 3.53. The monoisotopic (exact) mass is 426 g/mol. The molecule has 0 aliphatic carbocycles. The lowest BCUT2D eigenvalue weighted by Crippen LogP contribution is -2.22. The zero-order valence-corrected chi connectivity index (χ0v) is 17.7. The number of fused-ring (bicyclic) bond motifs is 1. The van der Waals surface area contributed by atoms with Crippen molar-refractivity contribution in [3.05, 3.63) is 65.3 Å². The smallest absolute Gasteiger partial charge is 0.242 e. The molecular formula is C21H19ClN4O2S. The molecule has 0 spiro atoms. The summed E-state index contributed by atoms with van der Waals surface area (Å²) in [5.41, 5.74) is 5.40. The molecule has 29 heavy (non-hydrogen) atoms. The van der Waals surface area contributed by atoms with Crippen LogP contribution in [0.2, 0.25) is 5.02 Å². The van der Waals surface area contributed by atoms with Crippen LogP contribution in [0.15, 0.2) is 59.6 Å². The van der Waals surface area contributed by atoms with Gasteiger partial charge in [0.25, 0.3) is 0 Å². The maximum atomic E-state index is 12.4. The molecule has 0 saturated carbocycles. The number of nitrogens with zero attached hydrogens (tertiary/aromatic N) is 3. The maximum absolute atomic E-state index is 12.4. The van der Waals surface area contributed by atoms with Crippen LogP contribution >= 0.6 is 11.6 Å². The molecule has 0 aliphatic rings. The summed E-state index contributed by atoms with van der Waals surface area (Å²) in [4.78, 5) is 12.7. The Morgan fingerprint density at radius 2 is 1.79 bits per heavy atom. The maximum Gasteiger partial charge on any atom is 0.242 e. The van der Waals surface area contributed by atoms with Gasteiger partial charge in [0.05, 0.1) is 22.5 Å². The van der Waals surface area contributed by atoms with Crippen molar-refractivity contribution in [2.75, 3.05) is 14.1 Å². The highest BCUT2D eigenvalue weighted by Gasteiger charge is 2.19. The summed E-state index contributed by atoms with van der Waals surface area (Å²) in [6, 6.07) is 14.5. The number of aryl methyl sites for hydroxylation is 1. The summed E-state index contributed by atoms with van der Waals surface area (Å²) >= 11 is 6.29. The van der Waals surface area contributed by atoms with Gasteiger partial charge in [-0.3, -0.25) is 0 Å². The highest BCUT2D eigenvalue weighted by molar-refractivity contribution is 7.89. The first kappa shape index (κ1) is 19.6. The van der Waals surface area contributed by atoms with Crippen molar-refractivity contribution in [3.8, 4) is 22.5 Å². The minimum absolute atomic E-state index is 0.250. The van der Waals surface area contributed by atoms with E-state index in [0.29, 0.717) is 21.9 Å². The number of hydrogen-bond donors (Lipinski definition) is 1. The number of aromatic amines is 1. The lowest BCUT2D eigenvalue weighted by atomic mass is 10.1. The number of H-pyrrole nitrogens is 1. The number of hydrogen-bond acceptors (Lipinski definition) is 4. The molecule has 0 aliphatic heterocycles. The zero-order valence-electron chi connectivity index (χ0n) is 16.1. The van der Waals surface area contributed by atoms with Crippen molar-refractivity contribution in [1.82, 2.24) is 19.3 Å². The van der Waals surface area contributed by atoms with Crippen LogP contribution in [-0.2, 0) is 10.0 Å². The van der Waals surface area contributed by atoms with Crippen LogP contribution in [0.4, 0.5) is 0 Å². The zero-order chi connectivity index (χ0) is 20.8. The molecule has 0 amide bonds. The van der Waals surface area contributed by atoms with Gasteiger partial charge < -0.3 is 4.98 Å². The van der Waals surface area contributed by atoms with E-state index in [-0.39, 0.29) is 4.90 Å². The van der Waals surface area contributed by atoms with Gasteiger partial charge in [-0.1, -0.05) is 35.9 Å². The average Bonchev–Trinajstić information content (AvgIpc) is 3.11. The quantitative estimate of drug-likeness (QED) is 0.521. The predicted octanol–water partition coefficient (Wildman–Crippen LogP) is 4.50. The Bertz CT molecular complexity index is 1330. The van der Waals surface area contributed by atoms with E-state index in [1.807, 2.05) is 37.3 Å². The average molecular weight is 427 g/mol. The van der Waals surface area contributed by atoms with E-state index in [2.05, 4.69) is 9.97 Å². The molecule has 148 valence electrons. The highest BCUT2D eigenvalue weighted by atomic mass is 35.5. The van der Waals surface area contributed by atoms with Crippen LogP contribution in [0.5, 0.6) is 0 Å². The second kappa shape index (κ2) is 7.26. The van der Waals surface area contributed by atoms with Gasteiger partial charge in [-0.2, -0.15) is 0 Å². The highest BCUT2D eigenvalue weighted by Crippen LogP contribution is 2.30. The molecule has 6 nitrogen and oxygen atoms in total. The van der Waals surface area contributed by atoms with E-state index >= 15 is 0 Å². The number of rotatable bonds is 4. The van der Waals surface area contributed by atoms with E-state index in [0.717, 1.165) is 22.4 Å². The molecular weight excluding hydrogens is 408 g/mol. The molecule has 0 bridgehead atoms. The Kier molecular flexibility index (Phi) is 4.90. The standard InChI is InChI=1S/C21H19ClN4O2S/c1-13-10-14(29(27,28)26(2)3)8-9-15(13)20-12-23-21-19(24-20)11-18(25-21)16-6-4-5-7-17(16)22/h4-12H,1-3H3,(H,23,25). The summed E-state index contributed by atoms with van der Waals surface area (Å²) in [6.07, 6.45) is 1.68. The summed E-state index contributed by atoms with van der Waals surface area (Å²) < 4.78 is 25.9. The molecule has 8 heteroatoms. The van der Waals surface area contributed by atoms with Crippen molar-refractivity contribution in [2.45, 2.75) is 11.8 Å². The van der Waals surface area contributed by atoms with Crippen molar-refractivity contribution in [1.29, 1.82) is 0 Å². The van der Waals surface area contributed by atoms with Gasteiger partial charge in [0.1, 0.15) is 5.52 Å². The Labute approximate surface area is 174 Å². The number of sulfonamides is 1. The van der Waals surface area contributed by atoms with Gasteiger partial charge in [0.15, 0.2) is 5.65 Å². The minimum Gasteiger partial charge on any atom is -0.338 e. The van der Waals surface area contributed by atoms with Crippen molar-refractivity contribution >= 4 is 32.8 Å². The number of aromatic nitrogens is 3. The fourth-order valence-corrected chi connectivity index (χ4v) is 4.37. The van der Waals surface area contributed by atoms with Crippen molar-refractivity contribution in [3.63, 3.8) is 0 Å². The van der Waals surface area contributed by atoms with Gasteiger partial charge in [-0.15, -0.1) is 0 Å². The second-order valence-corrected chi connectivity index (χ2v) is 9.48. The number of benzene rings is 2. The molecule has 2 heterocycles. The van der Waals surface area contributed by atoms with E-state index in [1.165, 1.54) is 18.4 Å². The third-order valence-corrected chi connectivity index (χ3v) is 6.89. The first-order valence-electron chi connectivity index (χ1n) is 8.91. The van der Waals surface area contributed by atoms with E-state index < -0.39 is 10.0 Å². The van der Waals surface area contributed by atoms with Gasteiger partial charge in [-0.05, 0) is 36.8 Å². The molecule has 2 aromatic heterocycles. The Morgan fingerprint density at radius 1 is 1.03 bits per heavy atom. The molecule has 0 saturated heterocycles. The van der Waals surface area contributed by atoms with Gasteiger partial charge >= 0.3 is 0 Å². The fourth-order valence-electron chi connectivity index (χ4n) is 3.15. The Morgan fingerprint density at radius 3 is 2.48 bits per heavy atom. The van der Waals surface area contributed by atoms with E-state index in [4.69, 9.17) is 16.6 Å². The third-order valence-electron chi connectivity index (χ3n) is 4.75. The molecule has 0 unspecified atom stereocenters. The first-order valence-corrected chi connectivity index (χ1v) is 10.7. The van der Waals surface area contributed by atoms with Crippen molar-refractivity contribution in [2.24, 2.45) is 0 Å². The lowest BCUT2D eigenvalue weighted by molar-refractivity contribution is 0.520. The van der Waals surface area contributed by atoms with Gasteiger partial charge in [0, 0.05) is 30.2 Å². The van der Waals surface area contributed by atoms with Crippen LogP contribution < -0.4 is 0 Å². The van der Waals surface area contributed by atoms with Crippen LogP contribution in [0.3, 0.4) is 0 Å². The molecule has 4 aromatic rings. The minimum atomic E-state index is -3.48. The van der Waals surface area contributed by atoms with E-state index in [9.17, 15) is 8.42 Å². The van der Waals surface area contributed by atoms with Crippen LogP contribution in [-0.4, -0.2) is 41.8 Å². The molecule has 0 fully saturated rings. The predicted molar refractivity (Wildman–Crippen MR) is 115 cm³/mol. The summed E-state index contributed by atoms with van der Waals surface area (Å²) in [5.74, 6) is 0. The molecule has 4 rings (SSSR count). The molecule has 2 aromatic carbocycles. The fraction of sp³-hybridized carbons (Fsp3) is 0.143. The SMILES string of the molecule is Cc1cc(S(=O)(=O)N(C)C)ccc1-c1cnc2[nH]c(-c3ccccc3Cl)cc2n1. The molecule has 0 radical (unpaired) electrons. The van der Waals surface area contributed by atoms with Crippen LogP contribution in [0.25, 0.3) is 33.7 Å². The molecule has 0 atom stereocenters. The van der Waals surface area contributed by atoms with Crippen LogP contribution in [0, 0.1) is 6.92 Å². The Balaban J connectivity index is 1.76. The summed E-state index contributed by atoms with van der Waals surface area (Å²) in [5, 5.41) is 0.646. The van der Waals surface area contributed by atoms with Gasteiger partial charge in [-0.25, -0.2) is 22.7 Å². The summed E-state index contributed by atoms with van der Waals surface area (Å²) in [7, 11) is -0.456. The van der Waals surface area contributed by atoms with E-state index in [1.54, 1.807) is 24.4 Å². The first-order chi connectivity index (χ1) is 13.8. The van der Waals surface area contributed by atoms with Gasteiger partial charge in [0.2, 0.25) is 10.0 Å². The van der Waals surface area contributed by atoms with Crippen LogP contribution in [0.1, 0.15) is 5.56 Å². The summed E-state index contributed by atoms with van der Waals surface area (Å²) in [6.45, 7) is 1.86. The second-order valence-electron chi connectivity index (χ2n) is 6.92. The largest absolute Gasteiger partial charge is 0.338 e. The lowest BCUT2D eigenvalue weighted by Gasteiger charge is -2.13. The topological polar surface area (TPSA) is 79.0 Å². The molecule has 1 N–H and O–H groups in total.